The minimum atomic E-state index is -0.489. The van der Waals surface area contributed by atoms with Gasteiger partial charge in [0.2, 0.25) is 0 Å². The minimum Gasteiger partial charge on any atom is -0.494 e. The molecule has 1 heterocycles. The Labute approximate surface area is 119 Å². The van der Waals surface area contributed by atoms with Gasteiger partial charge >= 0.3 is 0 Å². The molecule has 0 saturated heterocycles. The van der Waals surface area contributed by atoms with E-state index in [0.717, 1.165) is 0 Å². The predicted octanol–water partition coefficient (Wildman–Crippen LogP) is 2.72. The number of nitrogens with two attached hydrogens (primary N) is 1. The minimum absolute atomic E-state index is 0.149. The number of rotatable bonds is 3. The number of ether oxygens (including phenoxy) is 1. The molecule has 0 bridgehead atoms. The highest BCUT2D eigenvalue weighted by Crippen LogP contribution is 2.26. The van der Waals surface area contributed by atoms with E-state index in [1.165, 1.54) is 37.6 Å². The van der Waals surface area contributed by atoms with Crippen LogP contribution in [0.15, 0.2) is 30.5 Å². The third kappa shape index (κ3) is 2.97. The molecule has 0 saturated carbocycles. The topological polar surface area (TPSA) is 77.2 Å². The quantitative estimate of drug-likeness (QED) is 0.854. The Hall–Kier alpha value is -2.34. The van der Waals surface area contributed by atoms with Gasteiger partial charge in [0.25, 0.3) is 5.91 Å². The number of hydrogen-bond acceptors (Lipinski definition) is 4. The first kappa shape index (κ1) is 14.1. The van der Waals surface area contributed by atoms with Crippen LogP contribution in [0.3, 0.4) is 0 Å². The number of aromatic nitrogens is 1. The monoisotopic (exact) mass is 295 g/mol. The molecule has 0 aliphatic rings. The van der Waals surface area contributed by atoms with Crippen LogP contribution in [0, 0.1) is 5.82 Å². The molecule has 0 aliphatic heterocycles. The summed E-state index contributed by atoms with van der Waals surface area (Å²) < 4.78 is 18.1. The number of benzene rings is 1. The summed E-state index contributed by atoms with van der Waals surface area (Å²) in [6.07, 6.45) is 1.29. The zero-order valence-electron chi connectivity index (χ0n) is 10.5. The highest BCUT2D eigenvalue weighted by atomic mass is 35.5. The van der Waals surface area contributed by atoms with Gasteiger partial charge in [0.15, 0.2) is 0 Å². The van der Waals surface area contributed by atoms with Crippen molar-refractivity contribution >= 4 is 28.9 Å². The number of carbonyl (C=O) groups excluding carboxylic acids is 1. The molecule has 1 aromatic heterocycles. The molecule has 1 amide bonds. The smallest absolute Gasteiger partial charge is 0.258 e. The molecule has 2 rings (SSSR count). The Bertz CT molecular complexity index is 664. The highest BCUT2D eigenvalue weighted by molar-refractivity contribution is 6.30. The largest absolute Gasteiger partial charge is 0.494 e. The van der Waals surface area contributed by atoms with Gasteiger partial charge in [0.05, 0.1) is 30.2 Å². The van der Waals surface area contributed by atoms with Crippen molar-refractivity contribution in [2.24, 2.45) is 0 Å². The molecule has 104 valence electrons. The third-order valence-electron chi connectivity index (χ3n) is 2.56. The Morgan fingerprint density at radius 1 is 1.45 bits per heavy atom. The lowest BCUT2D eigenvalue weighted by molar-refractivity contribution is 0.102. The molecule has 0 spiro atoms. The van der Waals surface area contributed by atoms with E-state index in [1.54, 1.807) is 0 Å². The van der Waals surface area contributed by atoms with Crippen LogP contribution in [0.4, 0.5) is 15.8 Å². The van der Waals surface area contributed by atoms with Gasteiger partial charge in [-0.2, -0.15) is 0 Å². The first-order valence-electron chi connectivity index (χ1n) is 5.57. The highest BCUT2D eigenvalue weighted by Gasteiger charge is 2.14. The van der Waals surface area contributed by atoms with Crippen LogP contribution in [0.1, 0.15) is 10.4 Å². The average molecular weight is 296 g/mol. The molecule has 0 unspecified atom stereocenters. The number of carbonyl (C=O) groups is 1. The number of methoxy groups -OCH3 is 1. The summed E-state index contributed by atoms with van der Waals surface area (Å²) in [5.41, 5.74) is 6.36. The number of halogens is 2. The second-order valence-electron chi connectivity index (χ2n) is 3.89. The fourth-order valence-electron chi connectivity index (χ4n) is 1.60. The Balaban J connectivity index is 2.30. The average Bonchev–Trinajstić information content (AvgIpc) is 2.43. The van der Waals surface area contributed by atoms with Crippen LogP contribution in [0.25, 0.3) is 0 Å². The van der Waals surface area contributed by atoms with Crippen molar-refractivity contribution < 1.29 is 13.9 Å². The van der Waals surface area contributed by atoms with Crippen molar-refractivity contribution in [3.63, 3.8) is 0 Å². The fraction of sp³-hybridized carbons (Fsp3) is 0.0769. The van der Waals surface area contributed by atoms with E-state index in [0.29, 0.717) is 5.69 Å². The van der Waals surface area contributed by atoms with Gasteiger partial charge in [-0.15, -0.1) is 0 Å². The van der Waals surface area contributed by atoms with Crippen LogP contribution in [0.2, 0.25) is 5.15 Å². The van der Waals surface area contributed by atoms with Gasteiger partial charge in [-0.05, 0) is 18.2 Å². The predicted molar refractivity (Wildman–Crippen MR) is 74.6 cm³/mol. The second kappa shape index (κ2) is 5.75. The summed E-state index contributed by atoms with van der Waals surface area (Å²) >= 11 is 5.72. The van der Waals surface area contributed by atoms with Gasteiger partial charge in [0.1, 0.15) is 16.7 Å². The van der Waals surface area contributed by atoms with Crippen LogP contribution < -0.4 is 15.8 Å². The maximum atomic E-state index is 13.1. The molecule has 1 aromatic carbocycles. The molecule has 3 N–H and O–H groups in total. The van der Waals surface area contributed by atoms with Crippen LogP contribution in [0.5, 0.6) is 5.75 Å². The normalized spacial score (nSPS) is 10.2. The summed E-state index contributed by atoms with van der Waals surface area (Å²) in [5.74, 6) is -0.750. The van der Waals surface area contributed by atoms with Crippen molar-refractivity contribution in [2.75, 3.05) is 18.2 Å². The van der Waals surface area contributed by atoms with E-state index in [9.17, 15) is 9.18 Å². The summed E-state index contributed by atoms with van der Waals surface area (Å²) in [5, 5.41) is 2.72. The molecule has 20 heavy (non-hydrogen) atoms. The fourth-order valence-corrected chi connectivity index (χ4v) is 1.75. The summed E-state index contributed by atoms with van der Waals surface area (Å²) in [6.45, 7) is 0. The van der Waals surface area contributed by atoms with E-state index >= 15 is 0 Å². The Kier molecular flexibility index (Phi) is 4.05. The summed E-state index contributed by atoms with van der Waals surface area (Å²) in [7, 11) is 1.38. The number of nitrogens with one attached hydrogen (secondary N) is 1. The molecule has 7 heteroatoms. The van der Waals surface area contributed by atoms with Crippen LogP contribution in [-0.4, -0.2) is 18.0 Å². The van der Waals surface area contributed by atoms with Crippen molar-refractivity contribution in [3.8, 4) is 5.75 Å². The zero-order chi connectivity index (χ0) is 14.7. The summed E-state index contributed by atoms with van der Waals surface area (Å²) in [4.78, 5) is 15.9. The first-order chi connectivity index (χ1) is 9.51. The Morgan fingerprint density at radius 2 is 2.20 bits per heavy atom. The van der Waals surface area contributed by atoms with E-state index in [4.69, 9.17) is 22.1 Å². The maximum absolute atomic E-state index is 13.1. The van der Waals surface area contributed by atoms with Crippen LogP contribution >= 0.6 is 11.6 Å². The third-order valence-corrected chi connectivity index (χ3v) is 2.76. The lowest BCUT2D eigenvalue weighted by atomic mass is 10.2. The standard InChI is InChI=1S/C13H11ClFN3O2/c1-20-11-4-7(15)2-3-10(11)18-13(19)8-5-12(14)17-6-9(8)16/h2-6H,16H2,1H3,(H,18,19). The maximum Gasteiger partial charge on any atom is 0.258 e. The van der Waals surface area contributed by atoms with E-state index in [1.807, 2.05) is 0 Å². The number of hydrogen-bond donors (Lipinski definition) is 2. The second-order valence-corrected chi connectivity index (χ2v) is 4.28. The van der Waals surface area contributed by atoms with Crippen molar-refractivity contribution in [3.05, 3.63) is 47.0 Å². The molecular weight excluding hydrogens is 285 g/mol. The number of amides is 1. The summed E-state index contributed by atoms with van der Waals surface area (Å²) in [6, 6.07) is 5.12. The first-order valence-corrected chi connectivity index (χ1v) is 5.95. The molecule has 0 aliphatic carbocycles. The number of anilines is 2. The lowest BCUT2D eigenvalue weighted by Gasteiger charge is -2.11. The van der Waals surface area contributed by atoms with Crippen molar-refractivity contribution in [1.29, 1.82) is 0 Å². The van der Waals surface area contributed by atoms with E-state index in [-0.39, 0.29) is 22.2 Å². The van der Waals surface area contributed by atoms with E-state index in [2.05, 4.69) is 10.3 Å². The van der Waals surface area contributed by atoms with Gasteiger partial charge < -0.3 is 15.8 Å². The van der Waals surface area contributed by atoms with Crippen molar-refractivity contribution in [2.45, 2.75) is 0 Å². The van der Waals surface area contributed by atoms with Gasteiger partial charge in [-0.1, -0.05) is 11.6 Å². The number of nitrogens with zero attached hydrogens (tertiary/aromatic N) is 1. The molecule has 2 aromatic rings. The van der Waals surface area contributed by atoms with Crippen LogP contribution in [-0.2, 0) is 0 Å². The molecule has 0 radical (unpaired) electrons. The van der Waals surface area contributed by atoms with Gasteiger partial charge in [0, 0.05) is 6.07 Å². The molecule has 5 nitrogen and oxygen atoms in total. The molecule has 0 atom stereocenters. The molecule has 0 fully saturated rings. The lowest BCUT2D eigenvalue weighted by Crippen LogP contribution is -2.15. The Morgan fingerprint density at radius 3 is 2.90 bits per heavy atom. The SMILES string of the molecule is COc1cc(F)ccc1NC(=O)c1cc(Cl)ncc1N. The van der Waals surface area contributed by atoms with Crippen molar-refractivity contribution in [1.82, 2.24) is 4.98 Å². The molecular formula is C13H11ClFN3O2. The number of nitrogen functional groups attached to an aromatic ring is 1. The number of pyridine rings is 1. The van der Waals surface area contributed by atoms with Gasteiger partial charge in [-0.3, -0.25) is 4.79 Å². The zero-order valence-corrected chi connectivity index (χ0v) is 11.2. The van der Waals surface area contributed by atoms with E-state index < -0.39 is 11.7 Å². The van der Waals surface area contributed by atoms with Gasteiger partial charge in [-0.25, -0.2) is 9.37 Å².